The summed E-state index contributed by atoms with van der Waals surface area (Å²) in [6.45, 7) is 1.82. The average molecular weight is 216 g/mol. The Balaban J connectivity index is 0.00000112. The SMILES string of the molecule is Cc1ccc2ccccc2c1C(=O)O.[AlH3]. The van der Waals surface area contributed by atoms with Crippen LogP contribution in [0.3, 0.4) is 0 Å². The van der Waals surface area contributed by atoms with E-state index in [4.69, 9.17) is 5.11 Å². The van der Waals surface area contributed by atoms with Crippen molar-refractivity contribution in [2.24, 2.45) is 0 Å². The molecule has 2 aromatic carbocycles. The molecule has 0 saturated heterocycles. The minimum absolute atomic E-state index is 0. The summed E-state index contributed by atoms with van der Waals surface area (Å²) in [5.74, 6) is -0.862. The molecule has 2 aromatic rings. The molecule has 2 nitrogen and oxygen atoms in total. The van der Waals surface area contributed by atoms with Crippen LogP contribution in [-0.2, 0) is 0 Å². The zero-order valence-electron chi connectivity index (χ0n) is 7.82. The first-order valence-electron chi connectivity index (χ1n) is 4.42. The number of fused-ring (bicyclic) bond motifs is 1. The van der Waals surface area contributed by atoms with Crippen LogP contribution in [0.2, 0.25) is 0 Å². The molecule has 1 N–H and O–H groups in total. The van der Waals surface area contributed by atoms with E-state index >= 15 is 0 Å². The van der Waals surface area contributed by atoms with Gasteiger partial charge in [-0.05, 0) is 23.3 Å². The summed E-state index contributed by atoms with van der Waals surface area (Å²) in [4.78, 5) is 11.0. The normalized spacial score (nSPS) is 9.67. The predicted molar refractivity (Wildman–Crippen MR) is 65.6 cm³/mol. The van der Waals surface area contributed by atoms with Gasteiger partial charge in [-0.3, -0.25) is 0 Å². The van der Waals surface area contributed by atoms with Crippen LogP contribution >= 0.6 is 0 Å². The fourth-order valence-electron chi connectivity index (χ4n) is 1.66. The minimum Gasteiger partial charge on any atom is -0.478 e. The van der Waals surface area contributed by atoms with E-state index in [1.807, 2.05) is 43.3 Å². The fraction of sp³-hybridized carbons (Fsp3) is 0.0833. The van der Waals surface area contributed by atoms with E-state index < -0.39 is 5.97 Å². The molecule has 0 amide bonds. The third kappa shape index (κ3) is 2.04. The third-order valence-corrected chi connectivity index (χ3v) is 2.35. The summed E-state index contributed by atoms with van der Waals surface area (Å²) in [5, 5.41) is 10.8. The summed E-state index contributed by atoms with van der Waals surface area (Å²) in [6.07, 6.45) is 0. The van der Waals surface area contributed by atoms with Crippen molar-refractivity contribution in [1.29, 1.82) is 0 Å². The maximum Gasteiger partial charge on any atom is 0.336 e. The number of benzene rings is 2. The van der Waals surface area contributed by atoms with Crippen molar-refractivity contribution < 1.29 is 9.90 Å². The lowest BCUT2D eigenvalue weighted by Gasteiger charge is -2.05. The lowest BCUT2D eigenvalue weighted by atomic mass is 10.00. The minimum atomic E-state index is -0.862. The highest BCUT2D eigenvalue weighted by molar-refractivity contribution is 6.04. The van der Waals surface area contributed by atoms with Gasteiger partial charge in [-0.2, -0.15) is 0 Å². The van der Waals surface area contributed by atoms with Crippen molar-refractivity contribution in [3.05, 3.63) is 47.5 Å². The van der Waals surface area contributed by atoms with Gasteiger partial charge in [0, 0.05) is 0 Å². The first-order chi connectivity index (χ1) is 6.70. The van der Waals surface area contributed by atoms with Crippen LogP contribution in [0.4, 0.5) is 0 Å². The molecule has 2 rings (SSSR count). The molecule has 0 heterocycles. The van der Waals surface area contributed by atoms with Crippen LogP contribution in [0.15, 0.2) is 36.4 Å². The quantitative estimate of drug-likeness (QED) is 0.736. The third-order valence-electron chi connectivity index (χ3n) is 2.35. The van der Waals surface area contributed by atoms with E-state index in [9.17, 15) is 4.79 Å². The zero-order chi connectivity index (χ0) is 10.1. The molecule has 0 bridgehead atoms. The molecule has 0 fully saturated rings. The van der Waals surface area contributed by atoms with Crippen LogP contribution in [-0.4, -0.2) is 28.4 Å². The number of hydrogen-bond acceptors (Lipinski definition) is 1. The van der Waals surface area contributed by atoms with Crippen molar-refractivity contribution in [3.8, 4) is 0 Å². The van der Waals surface area contributed by atoms with Gasteiger partial charge in [0.25, 0.3) is 0 Å². The van der Waals surface area contributed by atoms with Crippen molar-refractivity contribution in [3.63, 3.8) is 0 Å². The number of carbonyl (C=O) groups is 1. The average Bonchev–Trinajstić information content (AvgIpc) is 2.17. The topological polar surface area (TPSA) is 37.3 Å². The summed E-state index contributed by atoms with van der Waals surface area (Å²) in [5.41, 5.74) is 1.21. The predicted octanol–water partition coefficient (Wildman–Crippen LogP) is 1.66. The number of hydrogen-bond donors (Lipinski definition) is 1. The van der Waals surface area contributed by atoms with Crippen LogP contribution < -0.4 is 0 Å². The molecule has 0 radical (unpaired) electrons. The van der Waals surface area contributed by atoms with Gasteiger partial charge >= 0.3 is 5.97 Å². The molecule has 3 heteroatoms. The van der Waals surface area contributed by atoms with Crippen molar-refractivity contribution in [2.45, 2.75) is 6.92 Å². The van der Waals surface area contributed by atoms with Gasteiger partial charge in [0.15, 0.2) is 17.4 Å². The van der Waals surface area contributed by atoms with Crippen molar-refractivity contribution in [2.75, 3.05) is 0 Å². The second kappa shape index (κ2) is 4.48. The number of aryl methyl sites for hydroxylation is 1. The number of aromatic carboxylic acids is 1. The Morgan fingerprint density at radius 1 is 1.13 bits per heavy atom. The molecular formula is C12H13AlO2. The van der Waals surface area contributed by atoms with Crippen LogP contribution in [0.1, 0.15) is 15.9 Å². The molecule has 0 saturated carbocycles. The molecule has 0 aromatic heterocycles. The lowest BCUT2D eigenvalue weighted by Crippen LogP contribution is -2.00. The maximum absolute atomic E-state index is 11.0. The van der Waals surface area contributed by atoms with Gasteiger partial charge in [-0.15, -0.1) is 0 Å². The molecule has 15 heavy (non-hydrogen) atoms. The van der Waals surface area contributed by atoms with Crippen molar-refractivity contribution >= 4 is 34.1 Å². The smallest absolute Gasteiger partial charge is 0.336 e. The van der Waals surface area contributed by atoms with E-state index in [1.54, 1.807) is 0 Å². The summed E-state index contributed by atoms with van der Waals surface area (Å²) < 4.78 is 0. The van der Waals surface area contributed by atoms with E-state index in [0.717, 1.165) is 16.3 Å². The summed E-state index contributed by atoms with van der Waals surface area (Å²) in [7, 11) is 0. The Kier molecular flexibility index (Phi) is 3.52. The highest BCUT2D eigenvalue weighted by Gasteiger charge is 2.10. The Labute approximate surface area is 98.7 Å². The second-order valence-corrected chi connectivity index (χ2v) is 3.28. The first kappa shape index (κ1) is 11.8. The molecule has 0 spiro atoms. The molecular weight excluding hydrogens is 203 g/mol. The van der Waals surface area contributed by atoms with Gasteiger partial charge in [-0.1, -0.05) is 36.4 Å². The van der Waals surface area contributed by atoms with Gasteiger partial charge in [0.2, 0.25) is 0 Å². The van der Waals surface area contributed by atoms with E-state index in [-0.39, 0.29) is 17.4 Å². The number of carboxylic acids is 1. The molecule has 0 aliphatic heterocycles. The standard InChI is InChI=1S/C12H10O2.Al.3H/c1-8-6-7-9-4-2-3-5-10(9)11(8)12(13)14;;;;/h2-7H,1H3,(H,13,14);;;;. The molecule has 0 aliphatic rings. The van der Waals surface area contributed by atoms with Gasteiger partial charge in [0.1, 0.15) is 0 Å². The van der Waals surface area contributed by atoms with Gasteiger partial charge in [-0.25, -0.2) is 4.79 Å². The highest BCUT2D eigenvalue weighted by Crippen LogP contribution is 2.21. The fourth-order valence-corrected chi connectivity index (χ4v) is 1.66. The van der Waals surface area contributed by atoms with E-state index in [0.29, 0.717) is 5.56 Å². The first-order valence-corrected chi connectivity index (χ1v) is 4.42. The number of carboxylic acid groups (broad SMARTS) is 1. The molecule has 0 aliphatic carbocycles. The summed E-state index contributed by atoms with van der Waals surface area (Å²) in [6, 6.07) is 11.3. The van der Waals surface area contributed by atoms with Crippen LogP contribution in [0.25, 0.3) is 10.8 Å². The van der Waals surface area contributed by atoms with E-state index in [1.165, 1.54) is 0 Å². The monoisotopic (exact) mass is 216 g/mol. The largest absolute Gasteiger partial charge is 0.478 e. The highest BCUT2D eigenvalue weighted by atomic mass is 27.0. The Bertz CT molecular complexity index is 506. The Morgan fingerprint density at radius 3 is 2.47 bits per heavy atom. The van der Waals surface area contributed by atoms with Crippen LogP contribution in [0.5, 0.6) is 0 Å². The van der Waals surface area contributed by atoms with Gasteiger partial charge in [0.05, 0.1) is 5.56 Å². The Morgan fingerprint density at radius 2 is 1.80 bits per heavy atom. The van der Waals surface area contributed by atoms with Crippen molar-refractivity contribution in [1.82, 2.24) is 0 Å². The molecule has 76 valence electrons. The van der Waals surface area contributed by atoms with Crippen LogP contribution in [0, 0.1) is 6.92 Å². The zero-order valence-corrected chi connectivity index (χ0v) is 7.82. The molecule has 0 unspecified atom stereocenters. The molecule has 0 atom stereocenters. The van der Waals surface area contributed by atoms with E-state index in [2.05, 4.69) is 0 Å². The maximum atomic E-state index is 11.0. The second-order valence-electron chi connectivity index (χ2n) is 3.28. The summed E-state index contributed by atoms with van der Waals surface area (Å²) >= 11 is 0. The lowest BCUT2D eigenvalue weighted by molar-refractivity contribution is 0.0698. The van der Waals surface area contributed by atoms with Gasteiger partial charge < -0.3 is 5.11 Å². The Hall–Kier alpha value is -1.30. The number of rotatable bonds is 1.